The molecule has 1 fully saturated rings. The lowest BCUT2D eigenvalue weighted by molar-refractivity contribution is -0.385. The van der Waals surface area contributed by atoms with E-state index in [1.54, 1.807) is 0 Å². The lowest BCUT2D eigenvalue weighted by atomic mass is 9.98. The highest BCUT2D eigenvalue weighted by atomic mass is 16.6. The van der Waals surface area contributed by atoms with Crippen LogP contribution in [0, 0.1) is 10.1 Å². The number of benzene rings is 3. The molecule has 0 N–H and O–H groups in total. The summed E-state index contributed by atoms with van der Waals surface area (Å²) in [6.07, 6.45) is -1.23. The van der Waals surface area contributed by atoms with Crippen LogP contribution in [0.3, 0.4) is 0 Å². The van der Waals surface area contributed by atoms with Crippen LogP contribution in [0.2, 0.25) is 0 Å². The summed E-state index contributed by atoms with van der Waals surface area (Å²) in [4.78, 5) is 64.6. The highest BCUT2D eigenvalue weighted by Crippen LogP contribution is 2.44. The lowest BCUT2D eigenvalue weighted by Gasteiger charge is -2.34. The molecule has 1 unspecified atom stereocenters. The fraction of sp³-hybridized carbons (Fsp3) is 0.214. The Bertz CT molecular complexity index is 1500. The number of ether oxygens (including phenoxy) is 1. The van der Waals surface area contributed by atoms with Crippen molar-refractivity contribution in [3.05, 3.63) is 99.1 Å². The van der Waals surface area contributed by atoms with Gasteiger partial charge in [-0.05, 0) is 34.7 Å². The highest BCUT2D eigenvalue weighted by molar-refractivity contribution is 6.13. The lowest BCUT2D eigenvalue weighted by Crippen LogP contribution is -2.56. The van der Waals surface area contributed by atoms with Crippen LogP contribution in [0.15, 0.2) is 66.7 Å². The molecule has 6 rings (SSSR count). The number of fused-ring (bicyclic) bond motifs is 4. The van der Waals surface area contributed by atoms with Crippen molar-refractivity contribution in [2.75, 3.05) is 6.61 Å². The molecule has 10 nitrogen and oxygen atoms in total. The summed E-state index contributed by atoms with van der Waals surface area (Å²) in [7, 11) is 0. The van der Waals surface area contributed by atoms with Gasteiger partial charge in [-0.25, -0.2) is 4.79 Å². The smallest absolute Gasteiger partial charge is 0.423 e. The molecular weight excluding hydrogens is 490 g/mol. The topological polar surface area (TPSA) is 127 Å². The molecule has 1 aliphatic carbocycles. The van der Waals surface area contributed by atoms with Gasteiger partial charge in [0.05, 0.1) is 22.6 Å². The summed E-state index contributed by atoms with van der Waals surface area (Å²) in [5.74, 6) is -2.39. The molecule has 38 heavy (non-hydrogen) atoms. The first kappa shape index (κ1) is 23.5. The second-order valence-electron chi connectivity index (χ2n) is 9.42. The van der Waals surface area contributed by atoms with Crippen LogP contribution in [0.25, 0.3) is 11.1 Å². The maximum Gasteiger partial charge on any atom is 0.423 e. The van der Waals surface area contributed by atoms with Crippen LogP contribution in [-0.4, -0.2) is 51.2 Å². The Hall–Kier alpha value is -4.86. The summed E-state index contributed by atoms with van der Waals surface area (Å²) < 4.78 is 5.52. The molecule has 10 heteroatoms. The van der Waals surface area contributed by atoms with Gasteiger partial charge in [-0.3, -0.25) is 24.5 Å². The number of hydrogen-bond acceptors (Lipinski definition) is 7. The third-order valence-corrected chi connectivity index (χ3v) is 7.45. The van der Waals surface area contributed by atoms with Crippen LogP contribution >= 0.6 is 0 Å². The van der Waals surface area contributed by atoms with E-state index in [4.69, 9.17) is 4.74 Å². The van der Waals surface area contributed by atoms with E-state index in [-0.39, 0.29) is 48.7 Å². The Morgan fingerprint density at radius 3 is 2.21 bits per heavy atom. The van der Waals surface area contributed by atoms with Crippen molar-refractivity contribution in [2.24, 2.45) is 0 Å². The number of nitrogens with zero attached hydrogens (tertiary/aromatic N) is 3. The molecular formula is C28H21N3O7. The molecule has 3 aliphatic rings. The quantitative estimate of drug-likeness (QED) is 0.294. The minimum absolute atomic E-state index is 0.0123. The molecule has 190 valence electrons. The monoisotopic (exact) mass is 511 g/mol. The molecule has 2 aliphatic heterocycles. The van der Waals surface area contributed by atoms with Gasteiger partial charge in [0.2, 0.25) is 5.91 Å². The van der Waals surface area contributed by atoms with E-state index >= 15 is 0 Å². The number of likely N-dealkylation sites (tertiary alicyclic amines) is 1. The molecule has 4 amide bonds. The second-order valence-corrected chi connectivity index (χ2v) is 9.42. The van der Waals surface area contributed by atoms with Gasteiger partial charge in [-0.15, -0.1) is 0 Å². The Morgan fingerprint density at radius 2 is 1.55 bits per heavy atom. The number of nitro benzene ring substituents is 1. The fourth-order valence-corrected chi connectivity index (χ4v) is 5.67. The molecule has 0 bridgehead atoms. The molecule has 1 saturated heterocycles. The number of carbonyl (C=O) groups excluding carboxylic acids is 4. The average molecular weight is 511 g/mol. The second kappa shape index (κ2) is 8.91. The van der Waals surface area contributed by atoms with Crippen molar-refractivity contribution in [1.29, 1.82) is 0 Å². The Balaban J connectivity index is 1.21. The van der Waals surface area contributed by atoms with E-state index in [0.717, 1.165) is 22.3 Å². The van der Waals surface area contributed by atoms with Crippen molar-refractivity contribution in [1.82, 2.24) is 9.80 Å². The molecule has 3 aromatic rings. The highest BCUT2D eigenvalue weighted by Gasteiger charge is 2.47. The maximum absolute atomic E-state index is 13.3. The number of carbonyl (C=O) groups is 4. The number of rotatable bonds is 4. The van der Waals surface area contributed by atoms with Gasteiger partial charge in [0.25, 0.3) is 17.5 Å². The van der Waals surface area contributed by atoms with Crippen molar-refractivity contribution >= 4 is 29.5 Å². The maximum atomic E-state index is 13.3. The van der Waals surface area contributed by atoms with E-state index in [1.165, 1.54) is 23.1 Å². The van der Waals surface area contributed by atoms with E-state index in [2.05, 4.69) is 0 Å². The van der Waals surface area contributed by atoms with Crippen LogP contribution in [0.5, 0.6) is 0 Å². The van der Waals surface area contributed by atoms with Gasteiger partial charge in [0.15, 0.2) is 0 Å². The Morgan fingerprint density at radius 1 is 0.921 bits per heavy atom. The van der Waals surface area contributed by atoms with Crippen LogP contribution in [-0.2, 0) is 20.9 Å². The van der Waals surface area contributed by atoms with Crippen molar-refractivity contribution < 1.29 is 28.8 Å². The zero-order valence-electron chi connectivity index (χ0n) is 20.0. The van der Waals surface area contributed by atoms with Crippen LogP contribution in [0.4, 0.5) is 10.5 Å². The predicted molar refractivity (Wildman–Crippen MR) is 133 cm³/mol. The summed E-state index contributed by atoms with van der Waals surface area (Å²) in [6.45, 7) is -0.233. The minimum atomic E-state index is -1.12. The zero-order chi connectivity index (χ0) is 26.6. The summed E-state index contributed by atoms with van der Waals surface area (Å²) >= 11 is 0. The number of nitro groups is 1. The van der Waals surface area contributed by atoms with Gasteiger partial charge < -0.3 is 9.64 Å². The summed E-state index contributed by atoms with van der Waals surface area (Å²) in [5, 5.41) is 11.4. The van der Waals surface area contributed by atoms with Gasteiger partial charge in [-0.2, -0.15) is 4.90 Å². The van der Waals surface area contributed by atoms with Crippen LogP contribution in [0.1, 0.15) is 45.8 Å². The number of hydrogen-bond donors (Lipinski definition) is 0. The first-order valence-electron chi connectivity index (χ1n) is 12.2. The van der Waals surface area contributed by atoms with Crippen molar-refractivity contribution in [2.45, 2.75) is 31.3 Å². The van der Waals surface area contributed by atoms with Crippen molar-refractivity contribution in [3.63, 3.8) is 0 Å². The van der Waals surface area contributed by atoms with Gasteiger partial charge >= 0.3 is 6.09 Å². The third-order valence-electron chi connectivity index (χ3n) is 7.45. The van der Waals surface area contributed by atoms with Gasteiger partial charge in [0.1, 0.15) is 12.6 Å². The molecule has 1 atom stereocenters. The molecule has 0 saturated carbocycles. The third kappa shape index (κ3) is 3.56. The molecule has 0 spiro atoms. The first-order chi connectivity index (χ1) is 18.4. The Labute approximate surface area is 216 Å². The normalized spacial score (nSPS) is 18.3. The summed E-state index contributed by atoms with van der Waals surface area (Å²) in [5.41, 5.74) is 4.17. The van der Waals surface area contributed by atoms with Crippen molar-refractivity contribution in [3.8, 4) is 11.1 Å². The minimum Gasteiger partial charge on any atom is -0.448 e. The van der Waals surface area contributed by atoms with E-state index in [0.29, 0.717) is 4.90 Å². The summed E-state index contributed by atoms with van der Waals surface area (Å²) in [6, 6.07) is 18.6. The predicted octanol–water partition coefficient (Wildman–Crippen LogP) is 4.02. The van der Waals surface area contributed by atoms with E-state index in [1.807, 2.05) is 48.5 Å². The zero-order valence-corrected chi connectivity index (χ0v) is 20.0. The van der Waals surface area contributed by atoms with Gasteiger partial charge in [0, 0.05) is 18.4 Å². The van der Waals surface area contributed by atoms with Crippen LogP contribution < -0.4 is 0 Å². The molecule has 3 aromatic carbocycles. The number of piperidine rings is 1. The molecule has 0 radical (unpaired) electrons. The average Bonchev–Trinajstić information content (AvgIpc) is 3.42. The SMILES string of the molecule is O=C1CCC(N2Cc3c(cccc3[N+](=O)[O-])C2=O)C(=O)N1C(=O)OCC1c2ccccc2-c2ccccc21. The number of imide groups is 3. The molecule has 0 aromatic heterocycles. The van der Waals surface area contributed by atoms with E-state index in [9.17, 15) is 29.3 Å². The largest absolute Gasteiger partial charge is 0.448 e. The van der Waals surface area contributed by atoms with E-state index < -0.39 is 34.8 Å². The van der Waals surface area contributed by atoms with Gasteiger partial charge in [-0.1, -0.05) is 54.6 Å². The molecule has 2 heterocycles. The fourth-order valence-electron chi connectivity index (χ4n) is 5.67. The Kier molecular flexibility index (Phi) is 5.52. The standard InChI is InChI=1S/C28H21N3O7/c32-25-13-12-24(29-14-21-20(26(29)33)10-5-11-23(21)31(36)37)27(34)30(25)28(35)38-15-22-18-8-3-1-6-16(18)17-7-2-4-9-19(17)22/h1-11,22,24H,12-15H2. The first-order valence-corrected chi connectivity index (χ1v) is 12.2. The number of amides is 4.